The molecule has 5 nitrogen and oxygen atoms in total. The van der Waals surface area contributed by atoms with Crippen LogP contribution in [0.2, 0.25) is 0 Å². The van der Waals surface area contributed by atoms with Gasteiger partial charge in [-0.15, -0.1) is 0 Å². The maximum atomic E-state index is 14.3. The predicted octanol–water partition coefficient (Wildman–Crippen LogP) is 4.63. The van der Waals surface area contributed by atoms with Crippen LogP contribution in [-0.2, 0) is 0 Å². The van der Waals surface area contributed by atoms with Gasteiger partial charge < -0.3 is 4.40 Å². The molecular formula is C36H22BN3O2. The summed E-state index contributed by atoms with van der Waals surface area (Å²) < 4.78 is 4.56. The average molecular weight is 539 g/mol. The summed E-state index contributed by atoms with van der Waals surface area (Å²) in [4.78, 5) is 33.5. The lowest BCUT2D eigenvalue weighted by Gasteiger charge is -2.34. The number of nitrogens with zero attached hydrogens (tertiary/aromatic N) is 3. The molecule has 0 N–H and O–H groups in total. The average Bonchev–Trinajstić information content (AvgIpc) is 3.37. The molecule has 5 heterocycles. The van der Waals surface area contributed by atoms with E-state index in [4.69, 9.17) is 4.98 Å². The Morgan fingerprint density at radius 3 is 2.02 bits per heavy atom. The first-order valence-electron chi connectivity index (χ1n) is 14.4. The smallest absolute Gasteiger partial charge is 0.252 e. The molecule has 3 aromatic heterocycles. The fraction of sp³-hybridized carbons (Fsp3) is 0.0833. The minimum atomic E-state index is -0.133. The number of pyridine rings is 2. The van der Waals surface area contributed by atoms with Crippen molar-refractivity contribution in [3.8, 4) is 17.1 Å². The molecule has 2 aliphatic heterocycles. The molecule has 0 fully saturated rings. The highest BCUT2D eigenvalue weighted by molar-refractivity contribution is 7.00. The zero-order valence-electron chi connectivity index (χ0n) is 23.2. The summed E-state index contributed by atoms with van der Waals surface area (Å²) in [6.45, 7) is 6.19. The first kappa shape index (κ1) is 22.5. The lowest BCUT2D eigenvalue weighted by molar-refractivity contribution is 1.09. The van der Waals surface area contributed by atoms with Crippen molar-refractivity contribution in [2.75, 3.05) is 0 Å². The molecule has 196 valence electrons. The first-order chi connectivity index (χ1) is 20.5. The summed E-state index contributed by atoms with van der Waals surface area (Å²) in [7, 11) is 0. The van der Waals surface area contributed by atoms with E-state index >= 15 is 0 Å². The van der Waals surface area contributed by atoms with Crippen molar-refractivity contribution in [3.05, 3.63) is 116 Å². The van der Waals surface area contributed by atoms with Crippen molar-refractivity contribution in [1.82, 2.24) is 14.0 Å². The van der Waals surface area contributed by atoms with Gasteiger partial charge in [-0.05, 0) is 84.2 Å². The molecule has 0 saturated heterocycles. The summed E-state index contributed by atoms with van der Waals surface area (Å²) >= 11 is 0. The van der Waals surface area contributed by atoms with E-state index in [1.807, 2.05) is 37.3 Å². The largest absolute Gasteiger partial charge is 0.308 e. The van der Waals surface area contributed by atoms with Gasteiger partial charge in [0.05, 0.1) is 27.6 Å². The molecule has 6 heteroatoms. The van der Waals surface area contributed by atoms with E-state index in [-0.39, 0.29) is 17.6 Å². The monoisotopic (exact) mass is 539 g/mol. The van der Waals surface area contributed by atoms with E-state index < -0.39 is 0 Å². The highest BCUT2D eigenvalue weighted by atomic mass is 16.1. The molecule has 0 spiro atoms. The number of rotatable bonds is 1. The topological polar surface area (TPSA) is 56.4 Å². The van der Waals surface area contributed by atoms with E-state index in [2.05, 4.69) is 71.3 Å². The minimum Gasteiger partial charge on any atom is -0.308 e. The standard InChI is InChI=1S/C36H22BN3O2/c1-17-8-4-9-18(2)27(17)36-38-25-15-7-14-24-32(25)39(36)26-16-19(3)28-33-29(26)37(24)23-13-6-12-22-31(23)40(33)30-20(34(22)41)10-5-11-21(30)35(28)42/h4-16H,1-3H3. The van der Waals surface area contributed by atoms with Crippen molar-refractivity contribution in [2.45, 2.75) is 20.8 Å². The number of imidazole rings is 1. The van der Waals surface area contributed by atoms with E-state index in [1.165, 1.54) is 11.1 Å². The Labute approximate surface area is 239 Å². The molecule has 0 bridgehead atoms. The summed E-state index contributed by atoms with van der Waals surface area (Å²) in [5, 5.41) is 2.59. The molecule has 2 aliphatic rings. The van der Waals surface area contributed by atoms with Gasteiger partial charge in [-0.3, -0.25) is 14.2 Å². The van der Waals surface area contributed by atoms with Crippen LogP contribution in [0.4, 0.5) is 0 Å². The van der Waals surface area contributed by atoms with Crippen LogP contribution in [0.5, 0.6) is 0 Å². The number of fused-ring (bicyclic) bond motifs is 3. The summed E-state index contributed by atoms with van der Waals surface area (Å²) in [6, 6.07) is 26.6. The van der Waals surface area contributed by atoms with Gasteiger partial charge in [0.2, 0.25) is 0 Å². The number of benzene rings is 5. The summed E-state index contributed by atoms with van der Waals surface area (Å²) in [5.41, 5.74) is 13.3. The normalized spacial score (nSPS) is 13.3. The molecular weight excluding hydrogens is 517 g/mol. The van der Waals surface area contributed by atoms with Crippen LogP contribution >= 0.6 is 0 Å². The molecule has 0 saturated carbocycles. The summed E-state index contributed by atoms with van der Waals surface area (Å²) in [5.74, 6) is 0.915. The van der Waals surface area contributed by atoms with Gasteiger partial charge in [-0.25, -0.2) is 4.98 Å². The molecule has 0 radical (unpaired) electrons. The van der Waals surface area contributed by atoms with Crippen LogP contribution in [0.15, 0.2) is 88.5 Å². The van der Waals surface area contributed by atoms with Crippen molar-refractivity contribution >= 4 is 72.2 Å². The Balaban J connectivity index is 1.55. The van der Waals surface area contributed by atoms with Gasteiger partial charge in [0, 0.05) is 32.8 Å². The number of hydrogen-bond acceptors (Lipinski definition) is 3. The maximum Gasteiger partial charge on any atom is 0.252 e. The van der Waals surface area contributed by atoms with Crippen LogP contribution in [0.25, 0.3) is 66.2 Å². The minimum absolute atomic E-state index is 0.0163. The maximum absolute atomic E-state index is 14.3. The Morgan fingerprint density at radius 2 is 1.26 bits per heavy atom. The second-order valence-corrected chi connectivity index (χ2v) is 12.0. The molecule has 0 atom stereocenters. The number of aryl methyl sites for hydroxylation is 3. The third kappa shape index (κ3) is 2.32. The van der Waals surface area contributed by atoms with Gasteiger partial charge in [0.25, 0.3) is 6.71 Å². The van der Waals surface area contributed by atoms with Gasteiger partial charge in [-0.2, -0.15) is 0 Å². The first-order valence-corrected chi connectivity index (χ1v) is 14.4. The molecule has 42 heavy (non-hydrogen) atoms. The molecule has 0 unspecified atom stereocenters. The van der Waals surface area contributed by atoms with Gasteiger partial charge >= 0.3 is 0 Å². The van der Waals surface area contributed by atoms with Gasteiger partial charge in [0.1, 0.15) is 5.82 Å². The fourth-order valence-electron chi connectivity index (χ4n) is 8.21. The van der Waals surface area contributed by atoms with E-state index in [9.17, 15) is 9.59 Å². The summed E-state index contributed by atoms with van der Waals surface area (Å²) in [6.07, 6.45) is 0. The molecule has 10 rings (SSSR count). The van der Waals surface area contributed by atoms with E-state index in [1.54, 1.807) is 0 Å². The van der Waals surface area contributed by atoms with Gasteiger partial charge in [-0.1, -0.05) is 48.5 Å². The molecule has 0 aliphatic carbocycles. The second kappa shape index (κ2) is 7.15. The van der Waals surface area contributed by atoms with Crippen LogP contribution in [0.3, 0.4) is 0 Å². The lowest BCUT2D eigenvalue weighted by Crippen LogP contribution is -2.59. The van der Waals surface area contributed by atoms with Crippen LogP contribution in [0.1, 0.15) is 16.7 Å². The molecule has 8 aromatic rings. The molecule has 0 amide bonds. The van der Waals surface area contributed by atoms with Gasteiger partial charge in [0.15, 0.2) is 10.9 Å². The van der Waals surface area contributed by atoms with E-state index in [0.717, 1.165) is 72.0 Å². The third-order valence-corrected chi connectivity index (χ3v) is 9.81. The Bertz CT molecular complexity index is 2700. The third-order valence-electron chi connectivity index (χ3n) is 9.81. The number of para-hydroxylation sites is 3. The number of hydrogen-bond donors (Lipinski definition) is 0. The quantitative estimate of drug-likeness (QED) is 0.174. The highest BCUT2D eigenvalue weighted by Gasteiger charge is 2.41. The van der Waals surface area contributed by atoms with Crippen molar-refractivity contribution in [2.24, 2.45) is 0 Å². The van der Waals surface area contributed by atoms with Crippen molar-refractivity contribution < 1.29 is 0 Å². The van der Waals surface area contributed by atoms with Crippen LogP contribution in [-0.4, -0.2) is 20.7 Å². The molecule has 5 aromatic carbocycles. The zero-order chi connectivity index (χ0) is 28.2. The lowest BCUT2D eigenvalue weighted by atomic mass is 9.34. The SMILES string of the molecule is Cc1cccc(C)c1-c1nc2cccc3c2n1-c1cc(C)c2c(=O)c4cccc5c(=O)c6cccc7c6n(c2c1B37)c54. The Morgan fingerprint density at radius 1 is 0.643 bits per heavy atom. The number of aromatic nitrogens is 3. The highest BCUT2D eigenvalue weighted by Crippen LogP contribution is 2.37. The Hall–Kier alpha value is -5.23. The van der Waals surface area contributed by atoms with Crippen molar-refractivity contribution in [3.63, 3.8) is 0 Å². The van der Waals surface area contributed by atoms with Crippen LogP contribution in [0, 0.1) is 20.8 Å². The fourth-order valence-corrected chi connectivity index (χ4v) is 8.21. The Kier molecular flexibility index (Phi) is 3.83. The second-order valence-electron chi connectivity index (χ2n) is 12.0. The zero-order valence-corrected chi connectivity index (χ0v) is 23.2. The van der Waals surface area contributed by atoms with E-state index in [0.29, 0.717) is 16.2 Å². The van der Waals surface area contributed by atoms with Crippen LogP contribution < -0.4 is 27.2 Å². The predicted molar refractivity (Wildman–Crippen MR) is 173 cm³/mol. The van der Waals surface area contributed by atoms with Crippen molar-refractivity contribution in [1.29, 1.82) is 0 Å².